The van der Waals surface area contributed by atoms with E-state index >= 15 is 0 Å². The molecule has 0 saturated carbocycles. The van der Waals surface area contributed by atoms with Crippen LogP contribution in [0, 0.1) is 0 Å². The lowest BCUT2D eigenvalue weighted by molar-refractivity contribution is 0.252. The van der Waals surface area contributed by atoms with Gasteiger partial charge in [-0.25, -0.2) is 0 Å². The predicted octanol–water partition coefficient (Wildman–Crippen LogP) is 3.32. The highest BCUT2D eigenvalue weighted by atomic mass is 32.2. The van der Waals surface area contributed by atoms with Gasteiger partial charge in [0, 0.05) is 23.5 Å². The van der Waals surface area contributed by atoms with Crippen molar-refractivity contribution >= 4 is 17.4 Å². The van der Waals surface area contributed by atoms with Gasteiger partial charge in [0.2, 0.25) is 0 Å². The molecule has 2 unspecified atom stereocenters. The first-order valence-corrected chi connectivity index (χ1v) is 7.02. The van der Waals surface area contributed by atoms with Crippen LogP contribution >= 0.6 is 11.8 Å². The number of para-hydroxylation sites is 1. The number of hydrogen-bond donors (Lipinski definition) is 1. The Morgan fingerprint density at radius 3 is 2.78 bits per heavy atom. The van der Waals surface area contributed by atoms with E-state index in [2.05, 4.69) is 11.8 Å². The number of rotatable bonds is 3. The van der Waals surface area contributed by atoms with Crippen molar-refractivity contribution in [2.75, 3.05) is 11.4 Å². The molecule has 1 fully saturated rings. The molecule has 0 aromatic heterocycles. The predicted molar refractivity (Wildman–Crippen MR) is 72.3 cm³/mol. The molecule has 0 bridgehead atoms. The summed E-state index contributed by atoms with van der Waals surface area (Å²) in [6.45, 7) is 2.94. The number of nitrogens with two attached hydrogens (primary N) is 1. The first-order chi connectivity index (χ1) is 8.58. The fraction of sp³-hybridized carbons (Fsp3) is 0.538. The molecule has 0 amide bonds. The van der Waals surface area contributed by atoms with Gasteiger partial charge in [0.15, 0.2) is 0 Å². The molecule has 1 aromatic carbocycles. The van der Waals surface area contributed by atoms with Crippen LogP contribution in [0.4, 0.5) is 14.5 Å². The lowest BCUT2D eigenvalue weighted by atomic mass is 9.98. The van der Waals surface area contributed by atoms with E-state index in [1.807, 2.05) is 12.1 Å². The van der Waals surface area contributed by atoms with Crippen LogP contribution in [0.2, 0.25) is 0 Å². The topological polar surface area (TPSA) is 29.3 Å². The number of alkyl halides is 2. The molecule has 1 aliphatic heterocycles. The monoisotopic (exact) mass is 272 g/mol. The first kappa shape index (κ1) is 13.6. The fourth-order valence-electron chi connectivity index (χ4n) is 2.46. The minimum atomic E-state index is -2.38. The molecule has 2 nitrogen and oxygen atoms in total. The molecule has 1 saturated heterocycles. The maximum absolute atomic E-state index is 12.6. The number of piperidine rings is 1. The van der Waals surface area contributed by atoms with Crippen LogP contribution in [0.3, 0.4) is 0 Å². The molecular formula is C13H18F2N2S. The average Bonchev–Trinajstić information content (AvgIpc) is 2.30. The van der Waals surface area contributed by atoms with Crippen molar-refractivity contribution in [3.8, 4) is 0 Å². The second-order valence-corrected chi connectivity index (χ2v) is 5.70. The van der Waals surface area contributed by atoms with E-state index in [4.69, 9.17) is 5.73 Å². The van der Waals surface area contributed by atoms with E-state index in [9.17, 15) is 8.78 Å². The van der Waals surface area contributed by atoms with Crippen LogP contribution in [0.1, 0.15) is 19.8 Å². The molecule has 2 atom stereocenters. The van der Waals surface area contributed by atoms with Crippen LogP contribution < -0.4 is 10.6 Å². The van der Waals surface area contributed by atoms with Gasteiger partial charge in [0.25, 0.3) is 5.76 Å². The molecule has 1 aromatic rings. The summed E-state index contributed by atoms with van der Waals surface area (Å²) in [5.74, 6) is -2.38. The fourth-order valence-corrected chi connectivity index (χ4v) is 3.11. The standard InChI is InChI=1S/C13H18F2N2S/c1-9-8-10(16)6-7-17(9)11-4-2-3-5-12(11)18-13(14)15/h2-5,9-10,13H,6-8,16H2,1H3. The van der Waals surface area contributed by atoms with Gasteiger partial charge < -0.3 is 10.6 Å². The van der Waals surface area contributed by atoms with Crippen molar-refractivity contribution in [2.45, 2.75) is 42.5 Å². The highest BCUT2D eigenvalue weighted by Gasteiger charge is 2.25. The van der Waals surface area contributed by atoms with E-state index in [1.54, 1.807) is 12.1 Å². The van der Waals surface area contributed by atoms with Gasteiger partial charge in [-0.1, -0.05) is 23.9 Å². The average molecular weight is 272 g/mol. The van der Waals surface area contributed by atoms with Crippen LogP contribution in [0.15, 0.2) is 29.2 Å². The molecule has 1 aliphatic rings. The molecule has 2 N–H and O–H groups in total. The van der Waals surface area contributed by atoms with Gasteiger partial charge in [-0.15, -0.1) is 0 Å². The summed E-state index contributed by atoms with van der Waals surface area (Å²) in [4.78, 5) is 2.84. The summed E-state index contributed by atoms with van der Waals surface area (Å²) in [5.41, 5.74) is 6.84. The van der Waals surface area contributed by atoms with Crippen molar-refractivity contribution in [1.82, 2.24) is 0 Å². The minimum Gasteiger partial charge on any atom is -0.368 e. The van der Waals surface area contributed by atoms with Crippen molar-refractivity contribution in [1.29, 1.82) is 0 Å². The third kappa shape index (κ3) is 3.14. The number of anilines is 1. The Kier molecular flexibility index (Phi) is 4.45. The molecule has 5 heteroatoms. The zero-order chi connectivity index (χ0) is 13.1. The number of nitrogens with zero attached hydrogens (tertiary/aromatic N) is 1. The Labute approximate surface area is 111 Å². The summed E-state index contributed by atoms with van der Waals surface area (Å²) in [6, 6.07) is 7.89. The summed E-state index contributed by atoms with van der Waals surface area (Å²) in [5, 5.41) is 0. The van der Waals surface area contributed by atoms with Crippen molar-refractivity contribution in [3.05, 3.63) is 24.3 Å². The highest BCUT2D eigenvalue weighted by Crippen LogP contribution is 2.36. The summed E-state index contributed by atoms with van der Waals surface area (Å²) in [7, 11) is 0. The van der Waals surface area contributed by atoms with Gasteiger partial charge in [-0.3, -0.25) is 0 Å². The minimum absolute atomic E-state index is 0.228. The third-order valence-corrected chi connectivity index (χ3v) is 4.08. The normalized spacial score (nSPS) is 24.6. The van der Waals surface area contributed by atoms with E-state index in [-0.39, 0.29) is 6.04 Å². The summed E-state index contributed by atoms with van der Waals surface area (Å²) < 4.78 is 25.1. The zero-order valence-corrected chi connectivity index (χ0v) is 11.2. The van der Waals surface area contributed by atoms with E-state index < -0.39 is 5.76 Å². The third-order valence-electron chi connectivity index (χ3n) is 3.31. The van der Waals surface area contributed by atoms with Gasteiger partial charge in [0.05, 0.1) is 5.69 Å². The summed E-state index contributed by atoms with van der Waals surface area (Å²) in [6.07, 6.45) is 1.83. The maximum Gasteiger partial charge on any atom is 0.288 e. The van der Waals surface area contributed by atoms with Crippen LogP contribution in [0.25, 0.3) is 0 Å². The number of benzene rings is 1. The van der Waals surface area contributed by atoms with Crippen molar-refractivity contribution in [3.63, 3.8) is 0 Å². The molecule has 2 rings (SSSR count). The van der Waals surface area contributed by atoms with Gasteiger partial charge in [0.1, 0.15) is 0 Å². The van der Waals surface area contributed by atoms with E-state index in [0.29, 0.717) is 22.7 Å². The van der Waals surface area contributed by atoms with E-state index in [0.717, 1.165) is 25.1 Å². The lowest BCUT2D eigenvalue weighted by Crippen LogP contribution is -2.45. The number of hydrogen-bond acceptors (Lipinski definition) is 3. The summed E-state index contributed by atoms with van der Waals surface area (Å²) >= 11 is 0.615. The largest absolute Gasteiger partial charge is 0.368 e. The Bertz CT molecular complexity index is 400. The maximum atomic E-state index is 12.6. The number of halogens is 2. The van der Waals surface area contributed by atoms with Crippen LogP contribution in [-0.4, -0.2) is 24.4 Å². The van der Waals surface area contributed by atoms with Gasteiger partial charge in [-0.2, -0.15) is 8.78 Å². The first-order valence-electron chi connectivity index (χ1n) is 6.14. The molecule has 0 spiro atoms. The molecular weight excluding hydrogens is 254 g/mol. The molecule has 0 radical (unpaired) electrons. The Morgan fingerprint density at radius 2 is 2.11 bits per heavy atom. The second-order valence-electron chi connectivity index (χ2n) is 4.67. The Morgan fingerprint density at radius 1 is 1.39 bits per heavy atom. The van der Waals surface area contributed by atoms with Crippen LogP contribution in [0.5, 0.6) is 0 Å². The smallest absolute Gasteiger partial charge is 0.288 e. The quantitative estimate of drug-likeness (QED) is 0.856. The van der Waals surface area contributed by atoms with Gasteiger partial charge >= 0.3 is 0 Å². The van der Waals surface area contributed by atoms with Crippen molar-refractivity contribution < 1.29 is 8.78 Å². The van der Waals surface area contributed by atoms with E-state index in [1.165, 1.54) is 0 Å². The Hall–Kier alpha value is -0.810. The van der Waals surface area contributed by atoms with Crippen LogP contribution in [-0.2, 0) is 0 Å². The second kappa shape index (κ2) is 5.89. The molecule has 1 heterocycles. The highest BCUT2D eigenvalue weighted by molar-refractivity contribution is 7.99. The number of thioether (sulfide) groups is 1. The molecule has 100 valence electrons. The van der Waals surface area contributed by atoms with Crippen molar-refractivity contribution in [2.24, 2.45) is 5.73 Å². The van der Waals surface area contributed by atoms with Gasteiger partial charge in [-0.05, 0) is 31.9 Å². The Balaban J connectivity index is 2.21. The molecule has 18 heavy (non-hydrogen) atoms. The zero-order valence-electron chi connectivity index (χ0n) is 10.4. The molecule has 0 aliphatic carbocycles. The lowest BCUT2D eigenvalue weighted by Gasteiger charge is -2.39. The SMILES string of the molecule is CC1CC(N)CCN1c1ccccc1SC(F)F.